The second kappa shape index (κ2) is 7.05. The number of ether oxygens (including phenoxy) is 1. The Labute approximate surface area is 111 Å². The van der Waals surface area contributed by atoms with Gasteiger partial charge in [0.05, 0.1) is 12.9 Å². The smallest absolute Gasteiger partial charge is 0.0896 e. The summed E-state index contributed by atoms with van der Waals surface area (Å²) >= 11 is 0. The average Bonchev–Trinajstić information content (AvgIpc) is 2.37. The van der Waals surface area contributed by atoms with Crippen molar-refractivity contribution >= 4 is 11.1 Å². The number of hydrogen-bond acceptors (Lipinski definition) is 1. The minimum Gasteiger partial charge on any atom is -0.501 e. The highest BCUT2D eigenvalue weighted by atomic mass is 16.5. The molecule has 0 radical (unpaired) electrons. The molecule has 1 heteroatoms. The Morgan fingerprint density at radius 1 is 1.17 bits per heavy atom. The van der Waals surface area contributed by atoms with E-state index in [0.717, 1.165) is 6.61 Å². The van der Waals surface area contributed by atoms with Crippen LogP contribution in [-0.4, -0.2) is 6.61 Å². The van der Waals surface area contributed by atoms with Crippen molar-refractivity contribution in [1.82, 2.24) is 0 Å². The molecule has 0 heterocycles. The molecular weight excluding hydrogens is 220 g/mol. The quantitative estimate of drug-likeness (QED) is 0.651. The molecule has 0 amide bonds. The van der Waals surface area contributed by atoms with Gasteiger partial charge in [0, 0.05) is 0 Å². The van der Waals surface area contributed by atoms with Gasteiger partial charge in [0.1, 0.15) is 0 Å². The number of allylic oxidation sites excluding steroid dienone is 3. The fourth-order valence-electron chi connectivity index (χ4n) is 1.61. The van der Waals surface area contributed by atoms with Crippen LogP contribution in [-0.2, 0) is 4.74 Å². The van der Waals surface area contributed by atoms with E-state index < -0.39 is 0 Å². The Balaban J connectivity index is 2.83. The molecule has 98 valence electrons. The van der Waals surface area contributed by atoms with Gasteiger partial charge in [-0.2, -0.15) is 0 Å². The first kappa shape index (κ1) is 14.6. The number of benzene rings is 1. The maximum absolute atomic E-state index is 5.56. The molecule has 1 rings (SSSR count). The van der Waals surface area contributed by atoms with Crippen LogP contribution in [0.3, 0.4) is 0 Å². The van der Waals surface area contributed by atoms with Crippen LogP contribution in [0.25, 0.3) is 11.1 Å². The molecule has 0 aliphatic heterocycles. The summed E-state index contributed by atoms with van der Waals surface area (Å²) in [5.74, 6) is 0.561. The van der Waals surface area contributed by atoms with Gasteiger partial charge in [0.2, 0.25) is 0 Å². The van der Waals surface area contributed by atoms with E-state index in [1.807, 2.05) is 6.26 Å². The second-order valence-electron chi connectivity index (χ2n) is 5.08. The van der Waals surface area contributed by atoms with Gasteiger partial charge in [-0.15, -0.1) is 0 Å². The van der Waals surface area contributed by atoms with Crippen LogP contribution in [0.5, 0.6) is 0 Å². The molecule has 18 heavy (non-hydrogen) atoms. The van der Waals surface area contributed by atoms with Gasteiger partial charge < -0.3 is 4.74 Å². The fraction of sp³-hybridized carbons (Fsp3) is 0.412. The van der Waals surface area contributed by atoms with Crippen molar-refractivity contribution in [3.63, 3.8) is 0 Å². The molecular formula is C17H24O. The van der Waals surface area contributed by atoms with Gasteiger partial charge >= 0.3 is 0 Å². The number of hydrogen-bond donors (Lipinski definition) is 0. The Bertz CT molecular complexity index is 439. The predicted molar refractivity (Wildman–Crippen MR) is 80.2 cm³/mol. The van der Waals surface area contributed by atoms with Crippen molar-refractivity contribution in [2.24, 2.45) is 5.92 Å². The highest BCUT2D eigenvalue weighted by Gasteiger charge is 2.00. The van der Waals surface area contributed by atoms with Crippen LogP contribution >= 0.6 is 0 Å². The SMILES string of the molecule is C/C=C(\C)c1cccc(/C(C)=C/OCC(C)C)c1. The molecule has 0 unspecified atom stereocenters. The first-order valence-corrected chi connectivity index (χ1v) is 6.56. The molecule has 1 aromatic rings. The minimum atomic E-state index is 0.561. The third-order valence-electron chi connectivity index (χ3n) is 2.90. The molecule has 0 aliphatic carbocycles. The van der Waals surface area contributed by atoms with Crippen LogP contribution in [0.15, 0.2) is 36.6 Å². The molecule has 0 N–H and O–H groups in total. The topological polar surface area (TPSA) is 9.23 Å². The average molecular weight is 244 g/mol. The summed E-state index contributed by atoms with van der Waals surface area (Å²) in [5.41, 5.74) is 4.96. The Hall–Kier alpha value is -1.50. The zero-order valence-electron chi connectivity index (χ0n) is 12.2. The normalized spacial score (nSPS) is 13.0. The van der Waals surface area contributed by atoms with E-state index in [9.17, 15) is 0 Å². The van der Waals surface area contributed by atoms with Crippen molar-refractivity contribution in [2.45, 2.75) is 34.6 Å². The summed E-state index contributed by atoms with van der Waals surface area (Å²) in [4.78, 5) is 0. The molecule has 0 aliphatic rings. The molecule has 1 aromatic carbocycles. The van der Waals surface area contributed by atoms with Gasteiger partial charge in [-0.1, -0.05) is 38.1 Å². The van der Waals surface area contributed by atoms with Crippen LogP contribution in [0, 0.1) is 5.92 Å². The Morgan fingerprint density at radius 3 is 2.33 bits per heavy atom. The van der Waals surface area contributed by atoms with E-state index in [1.54, 1.807) is 0 Å². The lowest BCUT2D eigenvalue weighted by Crippen LogP contribution is -1.97. The summed E-state index contributed by atoms with van der Waals surface area (Å²) in [7, 11) is 0. The van der Waals surface area contributed by atoms with E-state index in [-0.39, 0.29) is 0 Å². The largest absolute Gasteiger partial charge is 0.501 e. The highest BCUT2D eigenvalue weighted by Crippen LogP contribution is 2.20. The summed E-state index contributed by atoms with van der Waals surface area (Å²) < 4.78 is 5.56. The van der Waals surface area contributed by atoms with Crippen molar-refractivity contribution in [3.8, 4) is 0 Å². The van der Waals surface area contributed by atoms with Crippen molar-refractivity contribution in [2.75, 3.05) is 6.61 Å². The molecule has 0 spiro atoms. The monoisotopic (exact) mass is 244 g/mol. The standard InChI is InChI=1S/C17H24O/c1-6-14(4)16-8-7-9-17(10-16)15(5)12-18-11-13(2)3/h6-10,12-13H,11H2,1-5H3/b14-6+,15-12+. The van der Waals surface area contributed by atoms with E-state index in [4.69, 9.17) is 4.74 Å². The van der Waals surface area contributed by atoms with E-state index in [0.29, 0.717) is 5.92 Å². The maximum Gasteiger partial charge on any atom is 0.0896 e. The molecule has 0 atom stereocenters. The van der Waals surface area contributed by atoms with Gasteiger partial charge in [0.15, 0.2) is 0 Å². The Kier molecular flexibility index (Phi) is 5.70. The van der Waals surface area contributed by atoms with Crippen LogP contribution in [0.2, 0.25) is 0 Å². The molecule has 0 saturated carbocycles. The summed E-state index contributed by atoms with van der Waals surface area (Å²) in [5, 5.41) is 0. The lowest BCUT2D eigenvalue weighted by Gasteiger charge is -2.08. The van der Waals surface area contributed by atoms with Crippen LogP contribution in [0.4, 0.5) is 0 Å². The lowest BCUT2D eigenvalue weighted by atomic mass is 10.0. The van der Waals surface area contributed by atoms with Crippen molar-refractivity contribution in [1.29, 1.82) is 0 Å². The van der Waals surface area contributed by atoms with Crippen molar-refractivity contribution < 1.29 is 4.74 Å². The summed E-state index contributed by atoms with van der Waals surface area (Å²) in [6.45, 7) is 11.4. The predicted octanol–water partition coefficient (Wildman–Crippen LogP) is 5.14. The number of rotatable bonds is 5. The zero-order chi connectivity index (χ0) is 13.5. The molecule has 0 saturated heterocycles. The minimum absolute atomic E-state index is 0.561. The second-order valence-corrected chi connectivity index (χ2v) is 5.08. The van der Waals surface area contributed by atoms with E-state index in [1.165, 1.54) is 22.3 Å². The fourth-order valence-corrected chi connectivity index (χ4v) is 1.61. The summed E-state index contributed by atoms with van der Waals surface area (Å²) in [6.07, 6.45) is 4.00. The molecule has 0 bridgehead atoms. The van der Waals surface area contributed by atoms with E-state index in [2.05, 4.69) is 65.0 Å². The summed E-state index contributed by atoms with van der Waals surface area (Å²) in [6, 6.07) is 8.56. The van der Waals surface area contributed by atoms with Gasteiger partial charge in [-0.25, -0.2) is 0 Å². The van der Waals surface area contributed by atoms with E-state index >= 15 is 0 Å². The first-order chi connectivity index (χ1) is 8.54. The molecule has 1 nitrogen and oxygen atoms in total. The zero-order valence-corrected chi connectivity index (χ0v) is 12.2. The lowest BCUT2D eigenvalue weighted by molar-refractivity contribution is 0.212. The van der Waals surface area contributed by atoms with Crippen molar-refractivity contribution in [3.05, 3.63) is 47.7 Å². The molecule has 0 fully saturated rings. The van der Waals surface area contributed by atoms with Gasteiger partial charge in [-0.05, 0) is 55.0 Å². The molecule has 0 aromatic heterocycles. The highest BCUT2D eigenvalue weighted by molar-refractivity contribution is 5.70. The first-order valence-electron chi connectivity index (χ1n) is 6.56. The third-order valence-corrected chi connectivity index (χ3v) is 2.90. The van der Waals surface area contributed by atoms with Gasteiger partial charge in [0.25, 0.3) is 0 Å². The maximum atomic E-state index is 5.56. The third kappa shape index (κ3) is 4.40. The Morgan fingerprint density at radius 2 is 1.78 bits per heavy atom. The van der Waals surface area contributed by atoms with Crippen LogP contribution < -0.4 is 0 Å². The van der Waals surface area contributed by atoms with Crippen LogP contribution in [0.1, 0.15) is 45.7 Å². The van der Waals surface area contributed by atoms with Gasteiger partial charge in [-0.3, -0.25) is 0 Å².